The van der Waals surface area contributed by atoms with Crippen LogP contribution in [0.3, 0.4) is 0 Å². The molecular formula is C23H25F2NO6S. The summed E-state index contributed by atoms with van der Waals surface area (Å²) in [6.45, 7) is 2.08. The first kappa shape index (κ1) is 24.8. The second kappa shape index (κ2) is 10.4. The van der Waals surface area contributed by atoms with Gasteiger partial charge in [0.05, 0.1) is 12.0 Å². The fourth-order valence-electron chi connectivity index (χ4n) is 3.60. The molecular weight excluding hydrogens is 456 g/mol. The summed E-state index contributed by atoms with van der Waals surface area (Å²) in [6, 6.07) is 6.47. The molecule has 0 radical (unpaired) electrons. The van der Waals surface area contributed by atoms with Crippen molar-refractivity contribution in [1.29, 1.82) is 0 Å². The van der Waals surface area contributed by atoms with Crippen LogP contribution in [0.1, 0.15) is 53.3 Å². The number of halogens is 2. The number of carbonyl (C=O) groups is 2. The van der Waals surface area contributed by atoms with Gasteiger partial charge in [0.25, 0.3) is 0 Å². The normalized spacial score (nSPS) is 16.0. The van der Waals surface area contributed by atoms with Crippen LogP contribution in [0.25, 0.3) is 0 Å². The smallest absolute Gasteiger partial charge is 0.342 e. The number of nitrogens with zero attached hydrogens (tertiary/aromatic N) is 1. The molecule has 1 fully saturated rings. The fourth-order valence-corrected chi connectivity index (χ4v) is 5.14. The summed E-state index contributed by atoms with van der Waals surface area (Å²) in [6.07, 6.45) is 2.09. The molecule has 33 heavy (non-hydrogen) atoms. The summed E-state index contributed by atoms with van der Waals surface area (Å²) in [5.74, 6) is -3.96. The molecule has 0 N–H and O–H groups in total. The minimum absolute atomic E-state index is 0.0716. The molecule has 10 heteroatoms. The number of Topliss-reactive ketones (excluding diaryl/α,β-unsaturated/α-hetero) is 1. The zero-order chi connectivity index (χ0) is 24.2. The first-order valence-corrected chi connectivity index (χ1v) is 12.0. The summed E-state index contributed by atoms with van der Waals surface area (Å²) < 4.78 is 64.6. The average molecular weight is 482 g/mol. The highest BCUT2D eigenvalue weighted by Gasteiger charge is 2.29. The Bertz CT molecular complexity index is 1140. The predicted molar refractivity (Wildman–Crippen MR) is 116 cm³/mol. The molecule has 0 aromatic heterocycles. The fraction of sp³-hybridized carbons (Fsp3) is 0.391. The van der Waals surface area contributed by atoms with E-state index in [0.717, 1.165) is 49.9 Å². The molecule has 1 aliphatic heterocycles. The Kier molecular flexibility index (Phi) is 7.80. The van der Waals surface area contributed by atoms with Gasteiger partial charge in [0.2, 0.25) is 15.8 Å². The molecule has 1 heterocycles. The molecule has 0 bridgehead atoms. The van der Waals surface area contributed by atoms with Crippen molar-refractivity contribution in [2.24, 2.45) is 0 Å². The summed E-state index contributed by atoms with van der Waals surface area (Å²) in [4.78, 5) is 25.2. The quantitative estimate of drug-likeness (QED) is 0.439. The molecule has 0 amide bonds. The lowest BCUT2D eigenvalue weighted by molar-refractivity contribution is 0.0315. The minimum Gasteiger partial charge on any atom is -0.496 e. The van der Waals surface area contributed by atoms with E-state index < -0.39 is 39.5 Å². The van der Waals surface area contributed by atoms with Gasteiger partial charge in [-0.1, -0.05) is 12.8 Å². The number of sulfonamides is 1. The van der Waals surface area contributed by atoms with Gasteiger partial charge in [0.1, 0.15) is 11.3 Å². The molecule has 7 nitrogen and oxygen atoms in total. The number of ketones is 1. The van der Waals surface area contributed by atoms with E-state index in [0.29, 0.717) is 13.1 Å². The van der Waals surface area contributed by atoms with Gasteiger partial charge in [-0.2, -0.15) is 4.31 Å². The Balaban J connectivity index is 1.84. The zero-order valence-corrected chi connectivity index (χ0v) is 19.2. The van der Waals surface area contributed by atoms with Crippen molar-refractivity contribution in [3.63, 3.8) is 0 Å². The number of benzene rings is 2. The molecule has 0 spiro atoms. The van der Waals surface area contributed by atoms with E-state index in [1.807, 2.05) is 0 Å². The minimum atomic E-state index is -3.84. The maximum absolute atomic E-state index is 13.5. The lowest BCUT2D eigenvalue weighted by atomic mass is 10.1. The highest BCUT2D eigenvalue weighted by atomic mass is 32.2. The van der Waals surface area contributed by atoms with Crippen LogP contribution in [0.2, 0.25) is 0 Å². The van der Waals surface area contributed by atoms with Crippen molar-refractivity contribution in [2.75, 3.05) is 20.2 Å². The third-order valence-electron chi connectivity index (χ3n) is 5.45. The van der Waals surface area contributed by atoms with E-state index in [1.165, 1.54) is 30.5 Å². The number of carbonyl (C=O) groups excluding carboxylic acids is 2. The molecule has 178 valence electrons. The van der Waals surface area contributed by atoms with Gasteiger partial charge in [-0.3, -0.25) is 4.79 Å². The largest absolute Gasteiger partial charge is 0.496 e. The van der Waals surface area contributed by atoms with Crippen LogP contribution < -0.4 is 4.74 Å². The number of ether oxygens (including phenoxy) is 2. The number of methoxy groups -OCH3 is 1. The molecule has 1 unspecified atom stereocenters. The number of esters is 1. The zero-order valence-electron chi connectivity index (χ0n) is 18.3. The van der Waals surface area contributed by atoms with Gasteiger partial charge >= 0.3 is 5.97 Å². The van der Waals surface area contributed by atoms with Crippen LogP contribution in [0.4, 0.5) is 8.78 Å². The Labute approximate surface area is 191 Å². The first-order chi connectivity index (χ1) is 15.6. The van der Waals surface area contributed by atoms with Crippen molar-refractivity contribution in [2.45, 2.75) is 43.6 Å². The topological polar surface area (TPSA) is 90.0 Å². The second-order valence-electron chi connectivity index (χ2n) is 7.72. The molecule has 2 aromatic rings. The predicted octanol–water partition coefficient (Wildman–Crippen LogP) is 3.97. The molecule has 0 saturated carbocycles. The average Bonchev–Trinajstić information content (AvgIpc) is 3.10. The maximum atomic E-state index is 13.5. The van der Waals surface area contributed by atoms with Crippen LogP contribution in [0.15, 0.2) is 41.3 Å². The molecule has 3 rings (SSSR count). The number of hydrogen-bond donors (Lipinski definition) is 0. The van der Waals surface area contributed by atoms with E-state index in [-0.39, 0.29) is 21.8 Å². The van der Waals surface area contributed by atoms with Crippen LogP contribution in [0, 0.1) is 11.6 Å². The van der Waals surface area contributed by atoms with Crippen LogP contribution in [-0.4, -0.2) is 50.8 Å². The second-order valence-corrected chi connectivity index (χ2v) is 9.66. The number of rotatable bonds is 7. The summed E-state index contributed by atoms with van der Waals surface area (Å²) >= 11 is 0. The molecule has 1 saturated heterocycles. The Morgan fingerprint density at radius 3 is 2.24 bits per heavy atom. The monoisotopic (exact) mass is 481 g/mol. The summed E-state index contributed by atoms with van der Waals surface area (Å²) in [7, 11) is -2.53. The number of hydrogen-bond acceptors (Lipinski definition) is 6. The van der Waals surface area contributed by atoms with Gasteiger partial charge in [0.15, 0.2) is 17.7 Å². The van der Waals surface area contributed by atoms with Crippen molar-refractivity contribution < 1.29 is 36.3 Å². The van der Waals surface area contributed by atoms with Gasteiger partial charge in [-0.15, -0.1) is 0 Å². The van der Waals surface area contributed by atoms with Gasteiger partial charge in [-0.25, -0.2) is 22.0 Å². The Hall–Kier alpha value is -2.85. The first-order valence-electron chi connectivity index (χ1n) is 10.5. The molecule has 1 aliphatic rings. The lowest BCUT2D eigenvalue weighted by Crippen LogP contribution is -2.32. The van der Waals surface area contributed by atoms with E-state index in [4.69, 9.17) is 9.47 Å². The van der Waals surface area contributed by atoms with E-state index >= 15 is 0 Å². The van der Waals surface area contributed by atoms with Crippen molar-refractivity contribution in [3.8, 4) is 5.75 Å². The summed E-state index contributed by atoms with van der Waals surface area (Å²) in [5.41, 5.74) is -0.336. The van der Waals surface area contributed by atoms with Crippen molar-refractivity contribution >= 4 is 21.8 Å². The standard InChI is InChI=1S/C23H25F2NO6S/c1-15(22(27)16-7-9-19(24)20(25)13-16)32-23(28)18-14-17(8-10-21(18)31-2)33(29,30)26-11-5-3-4-6-12-26/h7-10,13-15H,3-6,11-12H2,1-2H3. The summed E-state index contributed by atoms with van der Waals surface area (Å²) in [5, 5.41) is 0. The Morgan fingerprint density at radius 2 is 1.64 bits per heavy atom. The molecule has 0 aliphatic carbocycles. The van der Waals surface area contributed by atoms with E-state index in [2.05, 4.69) is 0 Å². The highest BCUT2D eigenvalue weighted by molar-refractivity contribution is 7.89. The Morgan fingerprint density at radius 1 is 0.970 bits per heavy atom. The van der Waals surface area contributed by atoms with Crippen LogP contribution in [0.5, 0.6) is 5.75 Å². The van der Waals surface area contributed by atoms with Crippen LogP contribution >= 0.6 is 0 Å². The van der Waals surface area contributed by atoms with Crippen molar-refractivity contribution in [3.05, 3.63) is 59.2 Å². The van der Waals surface area contributed by atoms with Gasteiger partial charge in [-0.05, 0) is 56.2 Å². The van der Waals surface area contributed by atoms with E-state index in [1.54, 1.807) is 0 Å². The van der Waals surface area contributed by atoms with Gasteiger partial charge < -0.3 is 9.47 Å². The van der Waals surface area contributed by atoms with E-state index in [9.17, 15) is 26.8 Å². The van der Waals surface area contributed by atoms with Gasteiger partial charge in [0, 0.05) is 18.7 Å². The molecule has 1 atom stereocenters. The maximum Gasteiger partial charge on any atom is 0.342 e. The van der Waals surface area contributed by atoms with Crippen LogP contribution in [-0.2, 0) is 14.8 Å². The highest BCUT2D eigenvalue weighted by Crippen LogP contribution is 2.27. The molecule has 2 aromatic carbocycles. The third kappa shape index (κ3) is 5.56. The SMILES string of the molecule is COc1ccc(S(=O)(=O)N2CCCCCC2)cc1C(=O)OC(C)C(=O)c1ccc(F)c(F)c1. The third-order valence-corrected chi connectivity index (χ3v) is 7.35. The lowest BCUT2D eigenvalue weighted by Gasteiger charge is -2.21. The van der Waals surface area contributed by atoms with Crippen molar-refractivity contribution in [1.82, 2.24) is 4.31 Å².